The summed E-state index contributed by atoms with van der Waals surface area (Å²) in [5.41, 5.74) is 12.7. The summed E-state index contributed by atoms with van der Waals surface area (Å²) >= 11 is 1.82. The first-order valence-corrected chi connectivity index (χ1v) is 18.0. The molecule has 0 saturated carbocycles. The molecule has 0 fully saturated rings. The normalized spacial score (nSPS) is 11.9. The highest BCUT2D eigenvalue weighted by atomic mass is 32.1. The average molecular weight is 669 g/mol. The first-order chi connectivity index (χ1) is 25.3. The molecule has 0 aliphatic heterocycles. The van der Waals surface area contributed by atoms with E-state index in [9.17, 15) is 0 Å². The van der Waals surface area contributed by atoms with Gasteiger partial charge in [0, 0.05) is 66.3 Å². The molecule has 11 rings (SSSR count). The van der Waals surface area contributed by atoms with Gasteiger partial charge < -0.3 is 9.13 Å². The van der Waals surface area contributed by atoms with Gasteiger partial charge in [-0.1, -0.05) is 66.7 Å². The van der Waals surface area contributed by atoms with Crippen LogP contribution in [0.2, 0.25) is 0 Å². The van der Waals surface area contributed by atoms with E-state index in [1.54, 1.807) is 0 Å². The van der Waals surface area contributed by atoms with E-state index in [1.165, 1.54) is 64.2 Å². The first-order valence-electron chi connectivity index (χ1n) is 17.1. The molecule has 5 aromatic heterocycles. The molecule has 0 bridgehead atoms. The number of nitrogens with zero attached hydrogens (tertiary/aromatic N) is 4. The van der Waals surface area contributed by atoms with Crippen LogP contribution in [0.25, 0.3) is 97.5 Å². The standard InChI is InChI=1S/C46H28N4S/c1-2-10-33(11-3-1)49-42-19-16-32(26-38(42)46-43(49)14-7-22-48-46)30-9-6-8-29(24-30)31-15-18-41-36(25-31)35-12-4-5-13-40(35)50(41)34-17-20-44-37(27-34)39-28-47-23-21-45(39)51-44/h1-28H. The molecule has 0 radical (unpaired) electrons. The van der Waals surface area contributed by atoms with Crippen LogP contribution in [-0.2, 0) is 0 Å². The molecule has 0 N–H and O–H groups in total. The van der Waals surface area contributed by atoms with Gasteiger partial charge >= 0.3 is 0 Å². The van der Waals surface area contributed by atoms with Gasteiger partial charge in [-0.15, -0.1) is 11.3 Å². The smallest absolute Gasteiger partial charge is 0.0963 e. The van der Waals surface area contributed by atoms with Crippen LogP contribution in [-0.4, -0.2) is 19.1 Å². The van der Waals surface area contributed by atoms with E-state index in [-0.39, 0.29) is 0 Å². The number of aromatic nitrogens is 4. The Morgan fingerprint density at radius 1 is 0.392 bits per heavy atom. The minimum Gasteiger partial charge on any atom is -0.309 e. The van der Waals surface area contributed by atoms with E-state index >= 15 is 0 Å². The van der Waals surface area contributed by atoms with E-state index in [1.807, 2.05) is 36.0 Å². The van der Waals surface area contributed by atoms with Gasteiger partial charge in [0.05, 0.1) is 27.6 Å². The third kappa shape index (κ3) is 4.32. The second-order valence-electron chi connectivity index (χ2n) is 13.1. The number of para-hydroxylation sites is 2. The van der Waals surface area contributed by atoms with Gasteiger partial charge in [-0.3, -0.25) is 9.97 Å². The minimum atomic E-state index is 1.01. The Balaban J connectivity index is 1.04. The fourth-order valence-corrected chi connectivity index (χ4v) is 8.98. The largest absolute Gasteiger partial charge is 0.309 e. The molecule has 51 heavy (non-hydrogen) atoms. The number of rotatable bonds is 4. The summed E-state index contributed by atoms with van der Waals surface area (Å²) < 4.78 is 7.25. The second-order valence-corrected chi connectivity index (χ2v) is 14.2. The topological polar surface area (TPSA) is 35.6 Å². The number of benzene rings is 6. The quantitative estimate of drug-likeness (QED) is 0.187. The molecular formula is C46H28N4S. The lowest BCUT2D eigenvalue weighted by molar-refractivity contribution is 1.18. The summed E-state index contributed by atoms with van der Waals surface area (Å²) in [4.78, 5) is 9.26. The summed E-state index contributed by atoms with van der Waals surface area (Å²) in [5, 5.41) is 6.09. The first kappa shape index (κ1) is 28.3. The lowest BCUT2D eigenvalue weighted by Gasteiger charge is -2.10. The van der Waals surface area contributed by atoms with Crippen LogP contribution < -0.4 is 0 Å². The zero-order chi connectivity index (χ0) is 33.5. The number of hydrogen-bond donors (Lipinski definition) is 0. The van der Waals surface area contributed by atoms with E-state index in [2.05, 4.69) is 160 Å². The van der Waals surface area contributed by atoms with Crippen LogP contribution >= 0.6 is 11.3 Å². The van der Waals surface area contributed by atoms with Crippen LogP contribution in [0.1, 0.15) is 0 Å². The molecule has 0 atom stereocenters. The Hall–Kier alpha value is -6.56. The van der Waals surface area contributed by atoms with Crippen molar-refractivity contribution in [2.45, 2.75) is 0 Å². The van der Waals surface area contributed by atoms with Crippen LogP contribution in [0.5, 0.6) is 0 Å². The zero-order valence-electron chi connectivity index (χ0n) is 27.4. The van der Waals surface area contributed by atoms with E-state index < -0.39 is 0 Å². The number of thiophene rings is 1. The molecule has 0 aliphatic rings. The highest BCUT2D eigenvalue weighted by Crippen LogP contribution is 2.40. The van der Waals surface area contributed by atoms with Crippen LogP contribution in [0.4, 0.5) is 0 Å². The van der Waals surface area contributed by atoms with Gasteiger partial charge in [-0.2, -0.15) is 0 Å². The van der Waals surface area contributed by atoms with Crippen molar-refractivity contribution in [2.24, 2.45) is 0 Å². The Morgan fingerprint density at radius 2 is 1.08 bits per heavy atom. The maximum atomic E-state index is 4.83. The maximum Gasteiger partial charge on any atom is 0.0963 e. The van der Waals surface area contributed by atoms with Crippen molar-refractivity contribution in [1.29, 1.82) is 0 Å². The van der Waals surface area contributed by atoms with Crippen LogP contribution in [0.15, 0.2) is 170 Å². The highest BCUT2D eigenvalue weighted by Gasteiger charge is 2.17. The fourth-order valence-electron chi connectivity index (χ4n) is 7.93. The fraction of sp³-hybridized carbons (Fsp3) is 0. The highest BCUT2D eigenvalue weighted by molar-refractivity contribution is 7.25. The van der Waals surface area contributed by atoms with E-state index in [0.717, 1.165) is 33.3 Å². The molecule has 4 nitrogen and oxygen atoms in total. The molecule has 5 heteroatoms. The van der Waals surface area contributed by atoms with E-state index in [4.69, 9.17) is 4.98 Å². The molecule has 0 amide bonds. The van der Waals surface area contributed by atoms with E-state index in [0.29, 0.717) is 0 Å². The van der Waals surface area contributed by atoms with Crippen molar-refractivity contribution in [3.63, 3.8) is 0 Å². The predicted molar refractivity (Wildman–Crippen MR) is 214 cm³/mol. The lowest BCUT2D eigenvalue weighted by Crippen LogP contribution is -1.93. The van der Waals surface area contributed by atoms with Crippen molar-refractivity contribution in [2.75, 3.05) is 0 Å². The molecule has 11 aromatic rings. The van der Waals surface area contributed by atoms with Gasteiger partial charge in [-0.05, 0) is 107 Å². The number of pyridine rings is 2. The van der Waals surface area contributed by atoms with Crippen LogP contribution in [0.3, 0.4) is 0 Å². The molecule has 238 valence electrons. The predicted octanol–water partition coefficient (Wildman–Crippen LogP) is 12.4. The lowest BCUT2D eigenvalue weighted by atomic mass is 9.97. The minimum absolute atomic E-state index is 1.01. The summed E-state index contributed by atoms with van der Waals surface area (Å²) in [6, 6.07) is 55.0. The number of hydrogen-bond acceptors (Lipinski definition) is 3. The second kappa shape index (κ2) is 11.0. The zero-order valence-corrected chi connectivity index (χ0v) is 28.2. The van der Waals surface area contributed by atoms with Gasteiger partial charge in [0.15, 0.2) is 0 Å². The molecule has 0 saturated heterocycles. The Bertz CT molecular complexity index is 3150. The summed E-state index contributed by atoms with van der Waals surface area (Å²) in [5.74, 6) is 0. The molecule has 0 aliphatic carbocycles. The third-order valence-electron chi connectivity index (χ3n) is 10.2. The van der Waals surface area contributed by atoms with Crippen molar-refractivity contribution in [3.8, 4) is 33.6 Å². The van der Waals surface area contributed by atoms with Gasteiger partial charge in [-0.25, -0.2) is 0 Å². The Labute approximate surface area is 297 Å². The maximum absolute atomic E-state index is 4.83. The summed E-state index contributed by atoms with van der Waals surface area (Å²) in [7, 11) is 0. The average Bonchev–Trinajstić information content (AvgIpc) is 3.85. The monoisotopic (exact) mass is 668 g/mol. The Kier molecular flexibility index (Phi) is 6.09. The van der Waals surface area contributed by atoms with Crippen molar-refractivity contribution in [1.82, 2.24) is 19.1 Å². The van der Waals surface area contributed by atoms with Crippen molar-refractivity contribution in [3.05, 3.63) is 170 Å². The summed E-state index contributed by atoms with van der Waals surface area (Å²) in [6.07, 6.45) is 5.75. The molecule has 5 heterocycles. The molecule has 0 spiro atoms. The van der Waals surface area contributed by atoms with Crippen molar-refractivity contribution >= 4 is 75.3 Å². The molecule has 0 unspecified atom stereocenters. The number of fused-ring (bicyclic) bond motifs is 9. The van der Waals surface area contributed by atoms with Crippen LogP contribution in [0, 0.1) is 0 Å². The van der Waals surface area contributed by atoms with Gasteiger partial charge in [0.25, 0.3) is 0 Å². The SMILES string of the molecule is c1ccc(-n2c3ccc(-c4cccc(-c5ccc6c(c5)c5ccccc5n6-c5ccc6sc7ccncc7c6c5)c4)cc3c3ncccc32)cc1. The van der Waals surface area contributed by atoms with Crippen molar-refractivity contribution < 1.29 is 0 Å². The van der Waals surface area contributed by atoms with Gasteiger partial charge in [0.1, 0.15) is 0 Å². The molecule has 6 aromatic carbocycles. The summed E-state index contributed by atoms with van der Waals surface area (Å²) in [6.45, 7) is 0. The third-order valence-corrected chi connectivity index (χ3v) is 11.4. The van der Waals surface area contributed by atoms with Gasteiger partial charge in [0.2, 0.25) is 0 Å². The molecular weight excluding hydrogens is 641 g/mol. The Morgan fingerprint density at radius 3 is 1.94 bits per heavy atom.